The Kier molecular flexibility index (Phi) is 8.74. The molecule has 0 heterocycles. The highest BCUT2D eigenvalue weighted by Gasteiger charge is 2.45. The summed E-state index contributed by atoms with van der Waals surface area (Å²) in [5, 5.41) is 0. The molecule has 0 bridgehead atoms. The number of Topliss-reactive ketones (excluding diaryl/α,β-unsaturated/α-hetero) is 4. The highest BCUT2D eigenvalue weighted by Crippen LogP contribution is 2.45. The van der Waals surface area contributed by atoms with Crippen LogP contribution in [0.25, 0.3) is 0 Å². The molecule has 5 atom stereocenters. The van der Waals surface area contributed by atoms with Crippen molar-refractivity contribution in [3.05, 3.63) is 12.2 Å². The minimum Gasteiger partial charge on any atom is -0.300 e. The normalized spacial score (nSPS) is 34.8. The molecule has 0 radical (unpaired) electrons. The van der Waals surface area contributed by atoms with E-state index in [1.54, 1.807) is 13.8 Å². The van der Waals surface area contributed by atoms with Gasteiger partial charge in [0, 0.05) is 36.5 Å². The van der Waals surface area contributed by atoms with Gasteiger partial charge >= 0.3 is 0 Å². The van der Waals surface area contributed by atoms with Crippen LogP contribution in [0.3, 0.4) is 0 Å². The summed E-state index contributed by atoms with van der Waals surface area (Å²) in [6, 6.07) is 0. The zero-order valence-corrected chi connectivity index (χ0v) is 19.5. The van der Waals surface area contributed by atoms with Gasteiger partial charge in [0.1, 0.15) is 23.1 Å². The lowest BCUT2D eigenvalue weighted by Gasteiger charge is -2.41. The van der Waals surface area contributed by atoms with Gasteiger partial charge in [-0.3, -0.25) is 19.2 Å². The highest BCUT2D eigenvalue weighted by atomic mass is 16.1. The molecule has 29 heavy (non-hydrogen) atoms. The summed E-state index contributed by atoms with van der Waals surface area (Å²) < 4.78 is 0. The van der Waals surface area contributed by atoms with Crippen LogP contribution in [0.2, 0.25) is 0 Å². The van der Waals surface area contributed by atoms with Gasteiger partial charge in [0.15, 0.2) is 0 Å². The third kappa shape index (κ3) is 6.20. The van der Waals surface area contributed by atoms with Crippen LogP contribution in [0.15, 0.2) is 12.2 Å². The summed E-state index contributed by atoms with van der Waals surface area (Å²) in [5.74, 6) is 1.68. The van der Waals surface area contributed by atoms with Gasteiger partial charge < -0.3 is 0 Å². The van der Waals surface area contributed by atoms with Gasteiger partial charge in [0.25, 0.3) is 0 Å². The number of hydrogen-bond acceptors (Lipinski definition) is 4. The SMILES string of the molecule is C=C(C)[C@H]1CC(=O)[C@@](C)(CC(C)=O)[C@H](C)C1.CC(=O)C[C@]1(C)C(=O)CCC[C@H]1C. The Labute approximate surface area is 176 Å². The Hall–Kier alpha value is -1.58. The zero-order chi connectivity index (χ0) is 22.6. The second-order valence-electron chi connectivity index (χ2n) is 10.1. The molecule has 0 saturated heterocycles. The maximum absolute atomic E-state index is 12.2. The molecule has 2 fully saturated rings. The first-order valence-electron chi connectivity index (χ1n) is 10.9. The molecule has 2 aliphatic rings. The molecule has 2 aliphatic carbocycles. The fraction of sp³-hybridized carbons (Fsp3) is 0.760. The highest BCUT2D eigenvalue weighted by molar-refractivity contribution is 5.91. The van der Waals surface area contributed by atoms with Crippen molar-refractivity contribution in [1.82, 2.24) is 0 Å². The van der Waals surface area contributed by atoms with Gasteiger partial charge in [0.2, 0.25) is 0 Å². The Balaban J connectivity index is 0.000000296. The van der Waals surface area contributed by atoms with Gasteiger partial charge in [-0.15, -0.1) is 0 Å². The lowest BCUT2D eigenvalue weighted by atomic mass is 9.61. The van der Waals surface area contributed by atoms with Crippen molar-refractivity contribution in [3.63, 3.8) is 0 Å². The molecule has 4 nitrogen and oxygen atoms in total. The van der Waals surface area contributed by atoms with Crippen molar-refractivity contribution in [2.75, 3.05) is 0 Å². The van der Waals surface area contributed by atoms with Crippen molar-refractivity contribution < 1.29 is 19.2 Å². The van der Waals surface area contributed by atoms with Crippen molar-refractivity contribution in [2.45, 2.75) is 93.4 Å². The van der Waals surface area contributed by atoms with Gasteiger partial charge in [0.05, 0.1) is 0 Å². The van der Waals surface area contributed by atoms with Crippen molar-refractivity contribution >= 4 is 23.1 Å². The molecule has 2 saturated carbocycles. The molecule has 0 amide bonds. The van der Waals surface area contributed by atoms with Crippen LogP contribution in [0.4, 0.5) is 0 Å². The molecule has 4 heteroatoms. The predicted octanol–water partition coefficient (Wildman–Crippen LogP) is 5.52. The Morgan fingerprint density at radius 2 is 1.41 bits per heavy atom. The fourth-order valence-corrected chi connectivity index (χ4v) is 4.91. The average Bonchev–Trinajstić information content (AvgIpc) is 2.57. The van der Waals surface area contributed by atoms with Crippen LogP contribution >= 0.6 is 0 Å². The third-order valence-electron chi connectivity index (χ3n) is 7.49. The fourth-order valence-electron chi connectivity index (χ4n) is 4.91. The molecule has 0 aromatic rings. The Bertz CT molecular complexity index is 676. The average molecular weight is 405 g/mol. The van der Waals surface area contributed by atoms with Gasteiger partial charge in [-0.05, 0) is 57.8 Å². The molecular weight excluding hydrogens is 364 g/mol. The first kappa shape index (κ1) is 25.5. The number of allylic oxidation sites excluding steroid dienone is 1. The van der Waals surface area contributed by atoms with E-state index in [2.05, 4.69) is 20.4 Å². The van der Waals surface area contributed by atoms with Crippen LogP contribution < -0.4 is 0 Å². The summed E-state index contributed by atoms with van der Waals surface area (Å²) in [4.78, 5) is 46.2. The molecule has 2 rings (SSSR count). The number of ketones is 4. The van der Waals surface area contributed by atoms with Gasteiger partial charge in [-0.2, -0.15) is 0 Å². The first-order chi connectivity index (χ1) is 13.2. The van der Waals surface area contributed by atoms with Crippen LogP contribution in [-0.2, 0) is 19.2 Å². The predicted molar refractivity (Wildman–Crippen MR) is 117 cm³/mol. The Morgan fingerprint density at radius 3 is 1.79 bits per heavy atom. The second kappa shape index (κ2) is 9.95. The lowest BCUT2D eigenvalue weighted by molar-refractivity contribution is -0.139. The van der Waals surface area contributed by atoms with E-state index in [4.69, 9.17) is 0 Å². The standard InChI is InChI=1S/C14H22O2.C11H18O2/c1-9(2)12-6-10(3)14(5,8-11(4)15)13(16)7-12;1-8-5-4-6-10(13)11(8,3)7-9(2)12/h10,12H,1,6-8H2,2-5H3;8H,4-7H2,1-3H3/t10-,12-,14+;8-,11+/m11/s1. The summed E-state index contributed by atoms with van der Waals surface area (Å²) in [7, 11) is 0. The molecular formula is C25H40O4. The van der Waals surface area contributed by atoms with E-state index in [0.29, 0.717) is 37.5 Å². The van der Waals surface area contributed by atoms with E-state index in [9.17, 15) is 19.2 Å². The van der Waals surface area contributed by atoms with E-state index < -0.39 is 5.41 Å². The second-order valence-corrected chi connectivity index (χ2v) is 10.1. The minimum absolute atomic E-state index is 0.108. The van der Waals surface area contributed by atoms with E-state index in [1.165, 1.54) is 0 Å². The molecule has 0 aromatic carbocycles. The largest absolute Gasteiger partial charge is 0.300 e. The lowest BCUT2D eigenvalue weighted by Crippen LogP contribution is -2.42. The van der Waals surface area contributed by atoms with E-state index in [0.717, 1.165) is 24.8 Å². The van der Waals surface area contributed by atoms with Crippen LogP contribution in [0.1, 0.15) is 93.4 Å². The smallest absolute Gasteiger partial charge is 0.140 e. The third-order valence-corrected chi connectivity index (χ3v) is 7.49. The number of carbonyl (C=O) groups excluding carboxylic acids is 4. The molecule has 0 spiro atoms. The topological polar surface area (TPSA) is 68.3 Å². The van der Waals surface area contributed by atoms with E-state index >= 15 is 0 Å². The number of carbonyl (C=O) groups is 4. The molecule has 164 valence electrons. The van der Waals surface area contributed by atoms with Gasteiger partial charge in [-0.1, -0.05) is 39.8 Å². The maximum Gasteiger partial charge on any atom is 0.140 e. The molecule has 0 N–H and O–H groups in total. The van der Waals surface area contributed by atoms with E-state index in [1.807, 2.05) is 20.8 Å². The quantitative estimate of drug-likeness (QED) is 0.565. The number of hydrogen-bond donors (Lipinski definition) is 0. The maximum atomic E-state index is 12.2. The molecule has 0 aromatic heterocycles. The van der Waals surface area contributed by atoms with Crippen molar-refractivity contribution in [3.8, 4) is 0 Å². The minimum atomic E-state index is -0.447. The van der Waals surface area contributed by atoms with Gasteiger partial charge in [-0.25, -0.2) is 0 Å². The Morgan fingerprint density at radius 1 is 0.931 bits per heavy atom. The van der Waals surface area contributed by atoms with Crippen LogP contribution in [0, 0.1) is 28.6 Å². The van der Waals surface area contributed by atoms with Crippen molar-refractivity contribution in [1.29, 1.82) is 0 Å². The van der Waals surface area contributed by atoms with Crippen LogP contribution in [-0.4, -0.2) is 23.1 Å². The first-order valence-corrected chi connectivity index (χ1v) is 10.9. The summed E-state index contributed by atoms with van der Waals surface area (Å²) in [5.41, 5.74) is 0.270. The zero-order valence-electron chi connectivity index (χ0n) is 19.5. The van der Waals surface area contributed by atoms with Crippen LogP contribution in [0.5, 0.6) is 0 Å². The summed E-state index contributed by atoms with van der Waals surface area (Å²) in [6.45, 7) is 17.1. The monoisotopic (exact) mass is 404 g/mol. The number of rotatable bonds is 5. The molecule has 0 aliphatic heterocycles. The summed E-state index contributed by atoms with van der Waals surface area (Å²) >= 11 is 0. The van der Waals surface area contributed by atoms with Crippen molar-refractivity contribution in [2.24, 2.45) is 28.6 Å². The van der Waals surface area contributed by atoms with E-state index in [-0.39, 0.29) is 34.5 Å². The summed E-state index contributed by atoms with van der Waals surface area (Å²) in [6.07, 6.45) is 5.08. The molecule has 0 unspecified atom stereocenters.